The van der Waals surface area contributed by atoms with Gasteiger partial charge in [0.2, 0.25) is 0 Å². The Morgan fingerprint density at radius 2 is 2.03 bits per heavy atom. The van der Waals surface area contributed by atoms with Crippen molar-refractivity contribution in [3.63, 3.8) is 0 Å². The molecule has 4 unspecified atom stereocenters. The molecule has 2 aliphatic heterocycles. The SMILES string of the molecule is CO[C@H]1[C@@H]2O[C@@H]2[C@H](OCC23C[C@@H]4[C@H](C)CC[C@H]4C4(C=O)CC2C=C(C(C)C)C34C(=O)O)O[C@@H]1CO. The number of aldehydes is 1. The first-order valence-electron chi connectivity index (χ1n) is 13.2. The lowest BCUT2D eigenvalue weighted by Gasteiger charge is -2.58. The fraction of sp³-hybridized carbons (Fsp3) is 0.852. The molecule has 6 rings (SSSR count). The highest BCUT2D eigenvalue weighted by molar-refractivity contribution is 5.90. The number of aliphatic hydroxyl groups excluding tert-OH is 1. The zero-order valence-corrected chi connectivity index (χ0v) is 21.0. The summed E-state index contributed by atoms with van der Waals surface area (Å²) in [7, 11) is 1.57. The lowest BCUT2D eigenvalue weighted by Crippen LogP contribution is -2.64. The van der Waals surface area contributed by atoms with E-state index in [1.54, 1.807) is 7.11 Å². The van der Waals surface area contributed by atoms with Crippen molar-refractivity contribution in [3.8, 4) is 0 Å². The molecule has 6 aliphatic rings. The Balaban J connectivity index is 1.39. The molecule has 8 heteroatoms. The second kappa shape index (κ2) is 7.84. The summed E-state index contributed by atoms with van der Waals surface area (Å²) in [4.78, 5) is 26.6. The minimum absolute atomic E-state index is 0.0220. The second-order valence-electron chi connectivity index (χ2n) is 12.3. The topological polar surface area (TPSA) is 115 Å². The van der Waals surface area contributed by atoms with E-state index in [1.807, 2.05) is 13.8 Å². The molecule has 4 bridgehead atoms. The Kier molecular flexibility index (Phi) is 5.39. The van der Waals surface area contributed by atoms with Crippen molar-refractivity contribution in [3.05, 3.63) is 11.6 Å². The van der Waals surface area contributed by atoms with Gasteiger partial charge in [-0.25, -0.2) is 0 Å². The van der Waals surface area contributed by atoms with E-state index in [1.165, 1.54) is 0 Å². The number of carbonyl (C=O) groups excluding carboxylic acids is 1. The van der Waals surface area contributed by atoms with Crippen molar-refractivity contribution in [2.45, 2.75) is 77.2 Å². The number of ether oxygens (including phenoxy) is 4. The molecule has 0 aromatic heterocycles. The first kappa shape index (κ1) is 24.0. The van der Waals surface area contributed by atoms with E-state index < -0.39 is 34.6 Å². The molecule has 0 aromatic carbocycles. The monoisotopic (exact) mass is 490 g/mol. The zero-order valence-electron chi connectivity index (χ0n) is 21.0. The summed E-state index contributed by atoms with van der Waals surface area (Å²) in [5, 5.41) is 20.9. The van der Waals surface area contributed by atoms with Gasteiger partial charge in [-0.3, -0.25) is 4.79 Å². The quantitative estimate of drug-likeness (QED) is 0.303. The number of hydrogen-bond acceptors (Lipinski definition) is 7. The van der Waals surface area contributed by atoms with Crippen molar-refractivity contribution < 1.29 is 38.7 Å². The van der Waals surface area contributed by atoms with Gasteiger partial charge in [0.1, 0.15) is 36.1 Å². The third kappa shape index (κ3) is 2.70. The normalized spacial score (nSPS) is 53.3. The van der Waals surface area contributed by atoms with Gasteiger partial charge in [-0.2, -0.15) is 0 Å². The number of aliphatic carboxylic acids is 1. The predicted octanol–water partition coefficient (Wildman–Crippen LogP) is 2.43. The number of hydrogen-bond donors (Lipinski definition) is 2. The molecule has 2 heterocycles. The van der Waals surface area contributed by atoms with E-state index in [0.717, 1.165) is 31.1 Å². The van der Waals surface area contributed by atoms with Crippen LogP contribution >= 0.6 is 0 Å². The first-order valence-corrected chi connectivity index (χ1v) is 13.2. The highest BCUT2D eigenvalue weighted by Crippen LogP contribution is 2.82. The maximum Gasteiger partial charge on any atom is 0.315 e. The lowest BCUT2D eigenvalue weighted by molar-refractivity contribution is -0.245. The smallest absolute Gasteiger partial charge is 0.315 e. The number of rotatable bonds is 8. The predicted molar refractivity (Wildman–Crippen MR) is 123 cm³/mol. The van der Waals surface area contributed by atoms with Gasteiger partial charge in [0.15, 0.2) is 6.29 Å². The van der Waals surface area contributed by atoms with Gasteiger partial charge in [0, 0.05) is 12.5 Å². The Morgan fingerprint density at radius 1 is 1.26 bits per heavy atom. The minimum Gasteiger partial charge on any atom is -0.481 e. The van der Waals surface area contributed by atoms with Crippen LogP contribution in [0, 0.1) is 45.8 Å². The Labute approximate surface area is 206 Å². The molecule has 0 aromatic rings. The number of fused-ring (bicyclic) bond motifs is 3. The van der Waals surface area contributed by atoms with Crippen LogP contribution in [0.5, 0.6) is 0 Å². The Hall–Kier alpha value is -1.32. The Morgan fingerprint density at radius 3 is 2.66 bits per heavy atom. The van der Waals surface area contributed by atoms with Gasteiger partial charge < -0.3 is 34.0 Å². The van der Waals surface area contributed by atoms with E-state index in [-0.39, 0.29) is 49.3 Å². The van der Waals surface area contributed by atoms with Crippen LogP contribution in [0.4, 0.5) is 0 Å². The van der Waals surface area contributed by atoms with Crippen molar-refractivity contribution in [2.75, 3.05) is 20.3 Å². The summed E-state index contributed by atoms with van der Waals surface area (Å²) in [6.45, 7) is 6.30. The zero-order chi connectivity index (χ0) is 24.9. The molecule has 5 fully saturated rings. The highest BCUT2D eigenvalue weighted by atomic mass is 16.8. The summed E-state index contributed by atoms with van der Waals surface area (Å²) >= 11 is 0. The van der Waals surface area contributed by atoms with Gasteiger partial charge in [0.25, 0.3) is 0 Å². The average Bonchev–Trinajstić information content (AvgIpc) is 3.44. The standard InChI is InChI=1S/C27H38O8/c1-13(2)18-7-15-8-25(11-29)17-6-5-14(3)16(17)9-26(15,27(18,25)24(30)31)12-33-23-22-21(35-22)20(32-4)19(10-28)34-23/h7,11,13-17,19-23,28H,5-6,8-10,12H2,1-4H3,(H,30,31)/t14-,15?,16-,17-,19-,20-,21+,22+,23-,25?,26?,27?/m1/s1. The molecule has 2 saturated heterocycles. The van der Waals surface area contributed by atoms with Crippen LogP contribution in [-0.4, -0.2) is 73.5 Å². The molecule has 0 spiro atoms. The number of methoxy groups -OCH3 is 1. The maximum absolute atomic E-state index is 13.5. The van der Waals surface area contributed by atoms with E-state index in [9.17, 15) is 19.8 Å². The van der Waals surface area contributed by atoms with Crippen LogP contribution in [0.1, 0.15) is 46.5 Å². The molecule has 4 aliphatic carbocycles. The maximum atomic E-state index is 13.5. The summed E-state index contributed by atoms with van der Waals surface area (Å²) in [5.41, 5.74) is -1.99. The number of carboxylic acids is 1. The third-order valence-electron chi connectivity index (χ3n) is 10.9. The fourth-order valence-corrected chi connectivity index (χ4v) is 9.59. The largest absolute Gasteiger partial charge is 0.481 e. The first-order chi connectivity index (χ1) is 16.7. The number of aliphatic hydroxyl groups is 1. The van der Waals surface area contributed by atoms with Gasteiger partial charge in [-0.05, 0) is 48.9 Å². The Bertz CT molecular complexity index is 947. The third-order valence-corrected chi connectivity index (χ3v) is 10.9. The number of epoxide rings is 1. The molecule has 2 N–H and O–H groups in total. The van der Waals surface area contributed by atoms with E-state index >= 15 is 0 Å². The fourth-order valence-electron chi connectivity index (χ4n) is 9.59. The molecule has 35 heavy (non-hydrogen) atoms. The van der Waals surface area contributed by atoms with Crippen molar-refractivity contribution in [1.82, 2.24) is 0 Å². The summed E-state index contributed by atoms with van der Waals surface area (Å²) in [5.74, 6) is -0.0406. The molecule has 194 valence electrons. The lowest BCUT2D eigenvalue weighted by atomic mass is 9.43. The average molecular weight is 491 g/mol. The van der Waals surface area contributed by atoms with Crippen LogP contribution in [0.15, 0.2) is 11.6 Å². The minimum atomic E-state index is -1.27. The van der Waals surface area contributed by atoms with Gasteiger partial charge in [-0.1, -0.05) is 38.8 Å². The number of allylic oxidation sites excluding steroid dienone is 1. The number of carboxylic acid groups (broad SMARTS) is 1. The van der Waals surface area contributed by atoms with Crippen molar-refractivity contribution in [1.29, 1.82) is 0 Å². The van der Waals surface area contributed by atoms with E-state index in [0.29, 0.717) is 18.3 Å². The van der Waals surface area contributed by atoms with Crippen molar-refractivity contribution >= 4 is 12.3 Å². The van der Waals surface area contributed by atoms with Crippen LogP contribution in [-0.2, 0) is 28.5 Å². The summed E-state index contributed by atoms with van der Waals surface area (Å²) in [6, 6.07) is 0. The molecular formula is C27H38O8. The summed E-state index contributed by atoms with van der Waals surface area (Å²) in [6.07, 6.45) is 4.34. The molecular weight excluding hydrogens is 452 g/mol. The number of carbonyl (C=O) groups is 2. The van der Waals surface area contributed by atoms with Gasteiger partial charge in [-0.15, -0.1) is 0 Å². The summed E-state index contributed by atoms with van der Waals surface area (Å²) < 4.78 is 23.8. The van der Waals surface area contributed by atoms with Gasteiger partial charge >= 0.3 is 5.97 Å². The molecule has 0 radical (unpaired) electrons. The van der Waals surface area contributed by atoms with Gasteiger partial charge in [0.05, 0.1) is 18.6 Å². The second-order valence-corrected chi connectivity index (χ2v) is 12.3. The van der Waals surface area contributed by atoms with Crippen LogP contribution < -0.4 is 0 Å². The highest BCUT2D eigenvalue weighted by Gasteiger charge is 2.84. The molecule has 3 saturated carbocycles. The molecule has 8 nitrogen and oxygen atoms in total. The molecule has 12 atom stereocenters. The molecule has 0 amide bonds. The van der Waals surface area contributed by atoms with Crippen LogP contribution in [0.2, 0.25) is 0 Å². The van der Waals surface area contributed by atoms with E-state index in [2.05, 4.69) is 13.0 Å². The van der Waals surface area contributed by atoms with Crippen LogP contribution in [0.3, 0.4) is 0 Å². The van der Waals surface area contributed by atoms with E-state index in [4.69, 9.17) is 18.9 Å². The van der Waals surface area contributed by atoms with Crippen molar-refractivity contribution in [2.24, 2.45) is 45.8 Å². The van der Waals surface area contributed by atoms with Crippen LogP contribution in [0.25, 0.3) is 0 Å².